The van der Waals surface area contributed by atoms with E-state index in [4.69, 9.17) is 16.7 Å². The number of hydrogen-bond acceptors (Lipinski definition) is 3. The molecule has 1 rings (SSSR count). The van der Waals surface area contributed by atoms with Gasteiger partial charge in [-0.25, -0.2) is 4.79 Å². The smallest absolute Gasteiger partial charge is 0.315 e. The predicted molar refractivity (Wildman–Crippen MR) is 66.0 cm³/mol. The van der Waals surface area contributed by atoms with Gasteiger partial charge in [-0.3, -0.25) is 0 Å². The number of nitrogens with one attached hydrogen (secondary N) is 2. The van der Waals surface area contributed by atoms with Crippen LogP contribution in [0.4, 0.5) is 4.79 Å². The molecule has 0 radical (unpaired) electrons. The van der Waals surface area contributed by atoms with Crippen LogP contribution in [0.1, 0.15) is 24.8 Å². The molecule has 0 spiro atoms. The highest BCUT2D eigenvalue weighted by molar-refractivity contribution is 7.16. The molecule has 4 nitrogen and oxygen atoms in total. The largest absolute Gasteiger partial charge is 0.392 e. The van der Waals surface area contributed by atoms with Gasteiger partial charge in [-0.05, 0) is 26.0 Å². The van der Waals surface area contributed by atoms with Gasteiger partial charge in [0.1, 0.15) is 0 Å². The van der Waals surface area contributed by atoms with Gasteiger partial charge in [0.2, 0.25) is 0 Å². The van der Waals surface area contributed by atoms with E-state index in [2.05, 4.69) is 10.6 Å². The molecular formula is C10H15ClN2O2S. The van der Waals surface area contributed by atoms with Crippen molar-refractivity contribution in [2.45, 2.75) is 26.0 Å². The summed E-state index contributed by atoms with van der Waals surface area (Å²) in [4.78, 5) is 12.4. The van der Waals surface area contributed by atoms with Crippen molar-refractivity contribution in [2.75, 3.05) is 6.54 Å². The monoisotopic (exact) mass is 262 g/mol. The molecule has 1 aromatic rings. The highest BCUT2D eigenvalue weighted by Crippen LogP contribution is 2.26. The molecule has 16 heavy (non-hydrogen) atoms. The fourth-order valence-corrected chi connectivity index (χ4v) is 2.18. The molecule has 0 bridgehead atoms. The first-order valence-electron chi connectivity index (χ1n) is 4.96. The van der Waals surface area contributed by atoms with Gasteiger partial charge in [-0.2, -0.15) is 0 Å². The number of hydrogen-bond donors (Lipinski definition) is 3. The average Bonchev–Trinajstić information content (AvgIpc) is 2.62. The molecule has 0 aliphatic rings. The van der Waals surface area contributed by atoms with Gasteiger partial charge >= 0.3 is 6.03 Å². The maximum atomic E-state index is 11.4. The van der Waals surface area contributed by atoms with Crippen LogP contribution >= 0.6 is 22.9 Å². The van der Waals surface area contributed by atoms with E-state index < -0.39 is 6.10 Å². The van der Waals surface area contributed by atoms with Crippen LogP contribution in [0, 0.1) is 0 Å². The van der Waals surface area contributed by atoms with E-state index in [1.807, 2.05) is 13.0 Å². The highest BCUT2D eigenvalue weighted by Gasteiger charge is 2.11. The summed E-state index contributed by atoms with van der Waals surface area (Å²) in [5.74, 6) is 0. The quantitative estimate of drug-likeness (QED) is 0.779. The molecular weight excluding hydrogens is 248 g/mol. The minimum Gasteiger partial charge on any atom is -0.392 e. The van der Waals surface area contributed by atoms with E-state index in [-0.39, 0.29) is 18.6 Å². The maximum absolute atomic E-state index is 11.4. The average molecular weight is 263 g/mol. The third kappa shape index (κ3) is 4.38. The molecule has 1 aromatic heterocycles. The molecule has 0 aliphatic heterocycles. The Bertz CT molecular complexity index is 354. The van der Waals surface area contributed by atoms with E-state index in [9.17, 15) is 4.79 Å². The Labute approximate surface area is 104 Å². The summed E-state index contributed by atoms with van der Waals surface area (Å²) in [6.45, 7) is 3.73. The highest BCUT2D eigenvalue weighted by atomic mass is 35.5. The lowest BCUT2D eigenvalue weighted by atomic mass is 10.3. The zero-order valence-corrected chi connectivity index (χ0v) is 10.7. The Balaban J connectivity index is 2.39. The Morgan fingerprint density at radius 3 is 2.75 bits per heavy atom. The lowest BCUT2D eigenvalue weighted by molar-refractivity contribution is 0.187. The second kappa shape index (κ2) is 6.08. The van der Waals surface area contributed by atoms with Crippen molar-refractivity contribution < 1.29 is 9.90 Å². The molecule has 0 saturated heterocycles. The number of thiophene rings is 1. The molecule has 2 unspecified atom stereocenters. The minimum atomic E-state index is -0.544. The van der Waals surface area contributed by atoms with Gasteiger partial charge in [0, 0.05) is 11.4 Å². The first kappa shape index (κ1) is 13.3. The maximum Gasteiger partial charge on any atom is 0.315 e. The van der Waals surface area contributed by atoms with Gasteiger partial charge in [-0.15, -0.1) is 11.3 Å². The molecule has 2 atom stereocenters. The van der Waals surface area contributed by atoms with Crippen molar-refractivity contribution in [3.8, 4) is 0 Å². The van der Waals surface area contributed by atoms with Gasteiger partial charge < -0.3 is 15.7 Å². The summed E-state index contributed by atoms with van der Waals surface area (Å²) in [6.07, 6.45) is -0.544. The van der Waals surface area contributed by atoms with Crippen LogP contribution in [0.5, 0.6) is 0 Å². The Morgan fingerprint density at radius 1 is 1.56 bits per heavy atom. The predicted octanol–water partition coefficient (Wildman–Crippen LogP) is 2.14. The number of aliphatic hydroxyl groups excluding tert-OH is 1. The first-order valence-corrected chi connectivity index (χ1v) is 6.16. The van der Waals surface area contributed by atoms with E-state index >= 15 is 0 Å². The number of halogens is 1. The van der Waals surface area contributed by atoms with Gasteiger partial charge in [-0.1, -0.05) is 11.6 Å². The number of aliphatic hydroxyl groups is 1. The lowest BCUT2D eigenvalue weighted by Gasteiger charge is -2.13. The van der Waals surface area contributed by atoms with Crippen LogP contribution in [-0.4, -0.2) is 23.8 Å². The third-order valence-electron chi connectivity index (χ3n) is 1.93. The summed E-state index contributed by atoms with van der Waals surface area (Å²) in [5.41, 5.74) is 0. The zero-order valence-electron chi connectivity index (χ0n) is 9.16. The number of rotatable bonds is 4. The summed E-state index contributed by atoms with van der Waals surface area (Å²) in [7, 11) is 0. The second-order valence-electron chi connectivity index (χ2n) is 3.57. The SMILES string of the molecule is CC(O)CNC(=O)NC(C)c1ccc(Cl)s1. The van der Waals surface area contributed by atoms with Crippen LogP contribution in [0.25, 0.3) is 0 Å². The van der Waals surface area contributed by atoms with E-state index in [0.29, 0.717) is 4.34 Å². The van der Waals surface area contributed by atoms with Crippen LogP contribution in [0.2, 0.25) is 4.34 Å². The Morgan fingerprint density at radius 2 is 2.25 bits per heavy atom. The fourth-order valence-electron chi connectivity index (χ4n) is 1.12. The molecule has 1 heterocycles. The summed E-state index contributed by atoms with van der Waals surface area (Å²) in [6, 6.07) is 3.30. The molecule has 90 valence electrons. The lowest BCUT2D eigenvalue weighted by Crippen LogP contribution is -2.39. The van der Waals surface area contributed by atoms with Crippen molar-refractivity contribution in [3.05, 3.63) is 21.3 Å². The second-order valence-corrected chi connectivity index (χ2v) is 5.31. The normalized spacial score (nSPS) is 14.2. The van der Waals surface area contributed by atoms with Crippen LogP contribution in [-0.2, 0) is 0 Å². The van der Waals surface area contributed by atoms with Crippen molar-refractivity contribution in [3.63, 3.8) is 0 Å². The standard InChI is InChI=1S/C10H15ClN2O2S/c1-6(14)5-12-10(15)13-7(2)8-3-4-9(11)16-8/h3-4,6-7,14H,5H2,1-2H3,(H2,12,13,15). The summed E-state index contributed by atoms with van der Waals surface area (Å²) < 4.78 is 0.702. The van der Waals surface area contributed by atoms with E-state index in [1.165, 1.54) is 11.3 Å². The van der Waals surface area contributed by atoms with Gasteiger partial charge in [0.05, 0.1) is 16.5 Å². The molecule has 0 saturated carbocycles. The number of amides is 2. The van der Waals surface area contributed by atoms with E-state index in [1.54, 1.807) is 13.0 Å². The molecule has 2 amide bonds. The number of carbonyl (C=O) groups is 1. The zero-order chi connectivity index (χ0) is 12.1. The topological polar surface area (TPSA) is 61.4 Å². The van der Waals surface area contributed by atoms with Crippen LogP contribution in [0.3, 0.4) is 0 Å². The van der Waals surface area contributed by atoms with Gasteiger partial charge in [0.15, 0.2) is 0 Å². The first-order chi connectivity index (χ1) is 7.49. The Kier molecular flexibility index (Phi) is 5.05. The van der Waals surface area contributed by atoms with Crippen molar-refractivity contribution in [1.82, 2.24) is 10.6 Å². The third-order valence-corrected chi connectivity index (χ3v) is 3.34. The Hall–Kier alpha value is -0.780. The molecule has 0 aliphatic carbocycles. The minimum absolute atomic E-state index is 0.0912. The van der Waals surface area contributed by atoms with Crippen LogP contribution in [0.15, 0.2) is 12.1 Å². The summed E-state index contributed by atoms with van der Waals surface area (Å²) >= 11 is 7.24. The van der Waals surface area contributed by atoms with Gasteiger partial charge in [0.25, 0.3) is 0 Å². The van der Waals surface area contributed by atoms with Crippen molar-refractivity contribution >= 4 is 29.0 Å². The fraction of sp³-hybridized carbons (Fsp3) is 0.500. The van der Waals surface area contributed by atoms with E-state index in [0.717, 1.165) is 4.88 Å². The number of urea groups is 1. The molecule has 0 aromatic carbocycles. The number of carbonyl (C=O) groups excluding carboxylic acids is 1. The molecule has 6 heteroatoms. The van der Waals surface area contributed by atoms with Crippen molar-refractivity contribution in [1.29, 1.82) is 0 Å². The molecule has 3 N–H and O–H groups in total. The summed E-state index contributed by atoms with van der Waals surface area (Å²) in [5, 5.41) is 14.3. The van der Waals surface area contributed by atoms with Crippen LogP contribution < -0.4 is 10.6 Å². The van der Waals surface area contributed by atoms with Crippen molar-refractivity contribution in [2.24, 2.45) is 0 Å². The molecule has 0 fully saturated rings.